The lowest BCUT2D eigenvalue weighted by Crippen LogP contribution is -2.25. The van der Waals surface area contributed by atoms with Crippen molar-refractivity contribution in [1.29, 1.82) is 5.26 Å². The Kier molecular flexibility index (Phi) is 4.38. The van der Waals surface area contributed by atoms with Gasteiger partial charge in [0.1, 0.15) is 6.67 Å². The van der Waals surface area contributed by atoms with E-state index in [1.807, 2.05) is 59.6 Å². The molecule has 0 fully saturated rings. The summed E-state index contributed by atoms with van der Waals surface area (Å²) >= 11 is 0. The summed E-state index contributed by atoms with van der Waals surface area (Å²) in [5.41, 5.74) is 3.01. The van der Waals surface area contributed by atoms with Crippen molar-refractivity contribution >= 4 is 11.9 Å². The number of benzene rings is 2. The molecule has 4 rings (SSSR count). The van der Waals surface area contributed by atoms with Gasteiger partial charge in [-0.25, -0.2) is 0 Å². The molecule has 2 heterocycles. The quantitative estimate of drug-likeness (QED) is 0.721. The molecule has 0 amide bonds. The molecule has 0 spiro atoms. The van der Waals surface area contributed by atoms with Crippen LogP contribution >= 0.6 is 0 Å². The van der Waals surface area contributed by atoms with Crippen LogP contribution in [0.2, 0.25) is 0 Å². The van der Waals surface area contributed by atoms with Gasteiger partial charge in [0.25, 0.3) is 5.56 Å². The van der Waals surface area contributed by atoms with Crippen molar-refractivity contribution in [3.05, 3.63) is 95.1 Å². The lowest BCUT2D eigenvalue weighted by atomic mass is 10.0. The first-order valence-electron chi connectivity index (χ1n) is 8.53. The van der Waals surface area contributed by atoms with Gasteiger partial charge >= 0.3 is 0 Å². The molecule has 0 atom stereocenters. The van der Waals surface area contributed by atoms with Gasteiger partial charge in [0.15, 0.2) is 0 Å². The number of para-hydroxylation sites is 1. The van der Waals surface area contributed by atoms with Crippen LogP contribution in [0.5, 0.6) is 0 Å². The van der Waals surface area contributed by atoms with Gasteiger partial charge in [0, 0.05) is 29.9 Å². The zero-order valence-corrected chi connectivity index (χ0v) is 14.5. The largest absolute Gasteiger partial charge is 0.327 e. The number of pyridine rings is 1. The van der Waals surface area contributed by atoms with Crippen LogP contribution in [0, 0.1) is 11.3 Å². The van der Waals surface area contributed by atoms with E-state index in [0.29, 0.717) is 23.4 Å². The first kappa shape index (κ1) is 16.6. The maximum atomic E-state index is 13.3. The van der Waals surface area contributed by atoms with E-state index in [2.05, 4.69) is 11.1 Å². The van der Waals surface area contributed by atoms with E-state index in [1.54, 1.807) is 35.2 Å². The Hall–Kier alpha value is -3.91. The van der Waals surface area contributed by atoms with Gasteiger partial charge in [-0.2, -0.15) is 5.26 Å². The Labute approximate surface area is 156 Å². The summed E-state index contributed by atoms with van der Waals surface area (Å²) in [6.45, 7) is 0.475. The third-order valence-electron chi connectivity index (χ3n) is 4.40. The van der Waals surface area contributed by atoms with Gasteiger partial charge in [-0.15, -0.1) is 0 Å². The molecule has 130 valence electrons. The second kappa shape index (κ2) is 7.14. The molecule has 27 heavy (non-hydrogen) atoms. The molecular weight excluding hydrogens is 336 g/mol. The van der Waals surface area contributed by atoms with E-state index < -0.39 is 0 Å². The first-order valence-corrected chi connectivity index (χ1v) is 8.53. The summed E-state index contributed by atoms with van der Waals surface area (Å²) in [5.74, 6) is 0. The fourth-order valence-electron chi connectivity index (χ4n) is 3.07. The van der Waals surface area contributed by atoms with E-state index in [1.165, 1.54) is 0 Å². The van der Waals surface area contributed by atoms with Crippen LogP contribution in [-0.2, 0) is 0 Å². The van der Waals surface area contributed by atoms with E-state index in [4.69, 9.17) is 0 Å². The summed E-state index contributed by atoms with van der Waals surface area (Å²) in [6, 6.07) is 20.6. The molecule has 1 aromatic heterocycles. The Morgan fingerprint density at radius 2 is 1.74 bits per heavy atom. The minimum Gasteiger partial charge on any atom is -0.327 e. The van der Waals surface area contributed by atoms with Gasteiger partial charge in [0.2, 0.25) is 0 Å². The van der Waals surface area contributed by atoms with Crippen LogP contribution < -0.4 is 10.5 Å². The molecule has 0 N–H and O–H groups in total. The minimum absolute atomic E-state index is 0.169. The van der Waals surface area contributed by atoms with Crippen LogP contribution in [0.3, 0.4) is 0 Å². The lowest BCUT2D eigenvalue weighted by Gasteiger charge is -2.22. The number of allylic oxidation sites excluding steroid dienone is 1. The van der Waals surface area contributed by atoms with E-state index >= 15 is 0 Å². The van der Waals surface area contributed by atoms with Crippen LogP contribution in [0.25, 0.3) is 16.8 Å². The molecule has 0 saturated carbocycles. The highest BCUT2D eigenvalue weighted by molar-refractivity contribution is 5.76. The molecule has 3 aromatic rings. The second-order valence-electron chi connectivity index (χ2n) is 6.06. The molecule has 1 aliphatic heterocycles. The lowest BCUT2D eigenvalue weighted by molar-refractivity contribution is 0.931. The number of nitriles is 1. The number of hydrogen-bond acceptors (Lipinski definition) is 4. The molecular formula is C22H16N4O. The van der Waals surface area contributed by atoms with Gasteiger partial charge in [-0.3, -0.25) is 14.4 Å². The number of aliphatic imine (C=N–C) groups is 1. The summed E-state index contributed by atoms with van der Waals surface area (Å²) in [7, 11) is 0. The topological polar surface area (TPSA) is 61.4 Å². The molecule has 0 unspecified atom stereocenters. The van der Waals surface area contributed by atoms with Crippen molar-refractivity contribution in [3.63, 3.8) is 0 Å². The van der Waals surface area contributed by atoms with Crippen LogP contribution in [-0.4, -0.2) is 17.5 Å². The normalized spacial score (nSPS) is 12.8. The molecule has 0 bridgehead atoms. The van der Waals surface area contributed by atoms with Crippen LogP contribution in [0.1, 0.15) is 5.56 Å². The zero-order chi connectivity index (χ0) is 18.6. The number of aromatic nitrogens is 1. The monoisotopic (exact) mass is 352 g/mol. The van der Waals surface area contributed by atoms with E-state index in [-0.39, 0.29) is 5.56 Å². The van der Waals surface area contributed by atoms with Crippen LogP contribution in [0.4, 0.5) is 5.69 Å². The Morgan fingerprint density at radius 1 is 0.963 bits per heavy atom. The molecule has 0 saturated heterocycles. The molecule has 2 aromatic carbocycles. The summed E-state index contributed by atoms with van der Waals surface area (Å²) < 4.78 is 1.62. The van der Waals surface area contributed by atoms with Crippen molar-refractivity contribution in [2.45, 2.75) is 0 Å². The van der Waals surface area contributed by atoms with E-state index in [9.17, 15) is 10.1 Å². The minimum atomic E-state index is -0.169. The smallest absolute Gasteiger partial charge is 0.263 e. The third kappa shape index (κ3) is 3.16. The number of hydrogen-bond donors (Lipinski definition) is 0. The summed E-state index contributed by atoms with van der Waals surface area (Å²) in [6.07, 6.45) is 7.32. The highest BCUT2D eigenvalue weighted by atomic mass is 16.1. The molecule has 5 nitrogen and oxygen atoms in total. The Balaban J connectivity index is 1.98. The maximum Gasteiger partial charge on any atom is 0.263 e. The average Bonchev–Trinajstić information content (AvgIpc) is 2.75. The fraction of sp³-hybridized carbons (Fsp3) is 0.0455. The molecule has 0 radical (unpaired) electrons. The first-order chi connectivity index (χ1) is 13.3. The predicted molar refractivity (Wildman–Crippen MR) is 107 cm³/mol. The van der Waals surface area contributed by atoms with Crippen molar-refractivity contribution in [2.24, 2.45) is 4.99 Å². The summed E-state index contributed by atoms with van der Waals surface area (Å²) in [5, 5.41) is 9.48. The van der Waals surface area contributed by atoms with Gasteiger partial charge in [0.05, 0.1) is 22.9 Å². The standard InChI is InChI=1S/C22H16N4O/c23-14-17-7-4-5-10-20(17)21-13-19(25-12-6-11-24-16-25)15-26(22(21)27)18-8-2-1-3-9-18/h1-13,15H,16H2. The number of rotatable bonds is 3. The third-order valence-corrected chi connectivity index (χ3v) is 4.40. The maximum absolute atomic E-state index is 13.3. The highest BCUT2D eigenvalue weighted by Gasteiger charge is 2.16. The fourth-order valence-corrected chi connectivity index (χ4v) is 3.07. The SMILES string of the molecule is N#Cc1ccccc1-c1cc(N2C=CC=NC2)cn(-c2ccccc2)c1=O. The number of anilines is 1. The molecule has 5 heteroatoms. The Bertz CT molecular complexity index is 1140. The van der Waals surface area contributed by atoms with Crippen molar-refractivity contribution < 1.29 is 0 Å². The van der Waals surface area contributed by atoms with E-state index in [0.717, 1.165) is 11.4 Å². The van der Waals surface area contributed by atoms with Crippen molar-refractivity contribution in [1.82, 2.24) is 4.57 Å². The average molecular weight is 352 g/mol. The number of nitrogens with zero attached hydrogens (tertiary/aromatic N) is 4. The Morgan fingerprint density at radius 3 is 2.48 bits per heavy atom. The highest BCUT2D eigenvalue weighted by Crippen LogP contribution is 2.26. The van der Waals surface area contributed by atoms with Crippen molar-refractivity contribution in [2.75, 3.05) is 11.6 Å². The second-order valence-corrected chi connectivity index (χ2v) is 6.06. The predicted octanol–water partition coefficient (Wildman–Crippen LogP) is 3.74. The molecule has 1 aliphatic rings. The molecule has 0 aliphatic carbocycles. The zero-order valence-electron chi connectivity index (χ0n) is 14.5. The van der Waals surface area contributed by atoms with Crippen LogP contribution in [0.15, 0.2) is 88.9 Å². The van der Waals surface area contributed by atoms with Gasteiger partial charge < -0.3 is 4.90 Å². The van der Waals surface area contributed by atoms with Crippen molar-refractivity contribution in [3.8, 4) is 22.9 Å². The van der Waals surface area contributed by atoms with Gasteiger partial charge in [-0.1, -0.05) is 36.4 Å². The summed E-state index contributed by atoms with van der Waals surface area (Å²) in [4.78, 5) is 19.5. The van der Waals surface area contributed by atoms with Gasteiger partial charge in [-0.05, 0) is 30.3 Å².